The number of aryl methyl sites for hydroxylation is 1. The molecule has 1 aromatic carbocycles. The number of morpholine rings is 1. The first kappa shape index (κ1) is 20.7. The summed E-state index contributed by atoms with van der Waals surface area (Å²) in [5, 5.41) is 7.45. The molecule has 3 aromatic rings. The van der Waals surface area contributed by atoms with E-state index in [0.717, 1.165) is 24.0 Å². The first-order valence-corrected chi connectivity index (χ1v) is 10.2. The van der Waals surface area contributed by atoms with Gasteiger partial charge in [-0.25, -0.2) is 14.8 Å². The topological polar surface area (TPSA) is 87.6 Å². The molecule has 1 aliphatic heterocycles. The summed E-state index contributed by atoms with van der Waals surface area (Å²) in [4.78, 5) is 14.4. The molecule has 3 heterocycles. The van der Waals surface area contributed by atoms with Gasteiger partial charge in [0.05, 0.1) is 43.2 Å². The lowest BCUT2D eigenvalue weighted by Gasteiger charge is -2.27. The van der Waals surface area contributed by atoms with E-state index in [2.05, 4.69) is 49.9 Å². The number of benzene rings is 1. The van der Waals surface area contributed by atoms with Crippen LogP contribution in [0.2, 0.25) is 0 Å². The number of anilines is 4. The maximum absolute atomic E-state index is 14.1. The van der Waals surface area contributed by atoms with Gasteiger partial charge in [-0.2, -0.15) is 10.1 Å². The van der Waals surface area contributed by atoms with Crippen molar-refractivity contribution in [1.29, 1.82) is 0 Å². The molecule has 0 bridgehead atoms. The third kappa shape index (κ3) is 5.52. The van der Waals surface area contributed by atoms with Gasteiger partial charge in [-0.1, -0.05) is 19.1 Å². The highest BCUT2D eigenvalue weighted by molar-refractivity contribution is 5.78. The molecule has 0 aliphatic carbocycles. The summed E-state index contributed by atoms with van der Waals surface area (Å²) in [6.07, 6.45) is 5.43. The lowest BCUT2D eigenvalue weighted by atomic mass is 10.1. The van der Waals surface area contributed by atoms with E-state index in [1.165, 1.54) is 5.56 Å². The standard InChI is InChI=1S/C22H24FN7O/c1-2-16-4-3-5-17(12-16)27-19-7-6-18(24-13-19)14-26-29-22-25-15-20(23)21(28-22)30-8-10-31-11-9-30/h3-7,12-15,27H,2,8-11H2,1H3,(H,25,28,29)/b26-14+. The summed E-state index contributed by atoms with van der Waals surface area (Å²) >= 11 is 0. The van der Waals surface area contributed by atoms with Crippen LogP contribution in [0.15, 0.2) is 53.9 Å². The summed E-state index contributed by atoms with van der Waals surface area (Å²) in [5.41, 5.74) is 6.57. The predicted molar refractivity (Wildman–Crippen MR) is 120 cm³/mol. The summed E-state index contributed by atoms with van der Waals surface area (Å²) in [7, 11) is 0. The zero-order chi connectivity index (χ0) is 21.5. The molecule has 1 fully saturated rings. The molecule has 4 rings (SSSR count). The van der Waals surface area contributed by atoms with Crippen molar-refractivity contribution in [3.63, 3.8) is 0 Å². The first-order chi connectivity index (χ1) is 15.2. The number of nitrogens with one attached hydrogen (secondary N) is 2. The van der Waals surface area contributed by atoms with Crippen molar-refractivity contribution in [2.45, 2.75) is 13.3 Å². The number of pyridine rings is 1. The minimum Gasteiger partial charge on any atom is -0.378 e. The molecule has 9 heteroatoms. The second kappa shape index (κ2) is 9.94. The summed E-state index contributed by atoms with van der Waals surface area (Å²) in [6.45, 7) is 4.40. The zero-order valence-electron chi connectivity index (χ0n) is 17.3. The van der Waals surface area contributed by atoms with Gasteiger partial charge < -0.3 is 15.0 Å². The van der Waals surface area contributed by atoms with E-state index >= 15 is 0 Å². The van der Waals surface area contributed by atoms with Crippen molar-refractivity contribution in [3.05, 3.63) is 65.9 Å². The van der Waals surface area contributed by atoms with Crippen molar-refractivity contribution in [2.75, 3.05) is 41.9 Å². The average Bonchev–Trinajstić information content (AvgIpc) is 2.82. The van der Waals surface area contributed by atoms with Gasteiger partial charge in [0.2, 0.25) is 5.95 Å². The third-order valence-corrected chi connectivity index (χ3v) is 4.81. The van der Waals surface area contributed by atoms with Crippen LogP contribution in [0.25, 0.3) is 0 Å². The lowest BCUT2D eigenvalue weighted by Crippen LogP contribution is -2.37. The fourth-order valence-electron chi connectivity index (χ4n) is 3.16. The Balaban J connectivity index is 1.36. The van der Waals surface area contributed by atoms with Crippen LogP contribution in [0.1, 0.15) is 18.2 Å². The number of hydrogen-bond donors (Lipinski definition) is 2. The van der Waals surface area contributed by atoms with E-state index in [4.69, 9.17) is 4.74 Å². The molecule has 8 nitrogen and oxygen atoms in total. The molecule has 0 atom stereocenters. The third-order valence-electron chi connectivity index (χ3n) is 4.81. The number of ether oxygens (including phenoxy) is 1. The molecule has 0 radical (unpaired) electrons. The molecule has 0 amide bonds. The van der Waals surface area contributed by atoms with Gasteiger partial charge in [0, 0.05) is 18.8 Å². The molecule has 2 aromatic heterocycles. The van der Waals surface area contributed by atoms with E-state index in [1.807, 2.05) is 29.2 Å². The van der Waals surface area contributed by atoms with Crippen LogP contribution in [0.3, 0.4) is 0 Å². The molecule has 31 heavy (non-hydrogen) atoms. The highest BCUT2D eigenvalue weighted by atomic mass is 19.1. The number of halogens is 1. The van der Waals surface area contributed by atoms with Gasteiger partial charge in [0.1, 0.15) is 0 Å². The zero-order valence-corrected chi connectivity index (χ0v) is 17.3. The van der Waals surface area contributed by atoms with E-state index in [9.17, 15) is 4.39 Å². The van der Waals surface area contributed by atoms with Gasteiger partial charge in [-0.15, -0.1) is 0 Å². The van der Waals surface area contributed by atoms with Crippen LogP contribution in [0, 0.1) is 5.82 Å². The average molecular weight is 421 g/mol. The Hall–Kier alpha value is -3.59. The Morgan fingerprint density at radius 2 is 2.00 bits per heavy atom. The highest BCUT2D eigenvalue weighted by Gasteiger charge is 2.17. The molecular weight excluding hydrogens is 397 g/mol. The molecule has 1 aliphatic rings. The van der Waals surface area contributed by atoms with Gasteiger partial charge in [-0.3, -0.25) is 4.98 Å². The Morgan fingerprint density at radius 1 is 1.13 bits per heavy atom. The van der Waals surface area contributed by atoms with Crippen LogP contribution in [-0.2, 0) is 11.2 Å². The van der Waals surface area contributed by atoms with Crippen molar-refractivity contribution >= 4 is 29.4 Å². The van der Waals surface area contributed by atoms with Crippen molar-refractivity contribution in [1.82, 2.24) is 15.0 Å². The number of hydrogen-bond acceptors (Lipinski definition) is 8. The molecular formula is C22H24FN7O. The minimum absolute atomic E-state index is 0.216. The van der Waals surface area contributed by atoms with Crippen LogP contribution in [0.4, 0.5) is 27.5 Å². The number of aromatic nitrogens is 3. The van der Waals surface area contributed by atoms with Gasteiger partial charge >= 0.3 is 0 Å². The largest absolute Gasteiger partial charge is 0.378 e. The Bertz CT molecular complexity index is 1040. The SMILES string of the molecule is CCc1cccc(Nc2ccc(/C=N/Nc3ncc(F)c(N4CCOCC4)n3)nc2)c1. The normalized spacial score (nSPS) is 14.1. The van der Waals surface area contributed by atoms with E-state index in [1.54, 1.807) is 12.4 Å². The Labute approximate surface area is 180 Å². The fourth-order valence-corrected chi connectivity index (χ4v) is 3.16. The smallest absolute Gasteiger partial charge is 0.245 e. The summed E-state index contributed by atoms with van der Waals surface area (Å²) in [6, 6.07) is 12.0. The monoisotopic (exact) mass is 421 g/mol. The first-order valence-electron chi connectivity index (χ1n) is 10.2. The van der Waals surface area contributed by atoms with Crippen LogP contribution < -0.4 is 15.6 Å². The molecule has 0 unspecified atom stereocenters. The van der Waals surface area contributed by atoms with E-state index in [-0.39, 0.29) is 11.8 Å². The lowest BCUT2D eigenvalue weighted by molar-refractivity contribution is 0.122. The number of rotatable bonds is 7. The van der Waals surface area contributed by atoms with Crippen molar-refractivity contribution < 1.29 is 9.13 Å². The molecule has 0 spiro atoms. The van der Waals surface area contributed by atoms with Crippen LogP contribution in [-0.4, -0.2) is 47.5 Å². The molecule has 160 valence electrons. The van der Waals surface area contributed by atoms with Crippen LogP contribution in [0.5, 0.6) is 0 Å². The van der Waals surface area contributed by atoms with Crippen LogP contribution >= 0.6 is 0 Å². The fraction of sp³-hybridized carbons (Fsp3) is 0.273. The second-order valence-electron chi connectivity index (χ2n) is 6.99. The van der Waals surface area contributed by atoms with Gasteiger partial charge in [0.15, 0.2) is 11.6 Å². The van der Waals surface area contributed by atoms with E-state index in [0.29, 0.717) is 32.0 Å². The maximum Gasteiger partial charge on any atom is 0.245 e. The van der Waals surface area contributed by atoms with E-state index < -0.39 is 5.82 Å². The van der Waals surface area contributed by atoms with Crippen molar-refractivity contribution in [3.8, 4) is 0 Å². The minimum atomic E-state index is -0.467. The Morgan fingerprint density at radius 3 is 2.77 bits per heavy atom. The van der Waals surface area contributed by atoms with Crippen molar-refractivity contribution in [2.24, 2.45) is 5.10 Å². The number of nitrogens with zero attached hydrogens (tertiary/aromatic N) is 5. The van der Waals surface area contributed by atoms with Gasteiger partial charge in [-0.05, 0) is 36.2 Å². The quantitative estimate of drug-likeness (QED) is 0.445. The summed E-state index contributed by atoms with van der Waals surface area (Å²) in [5.74, 6) is -0.00409. The predicted octanol–water partition coefficient (Wildman–Crippen LogP) is 3.60. The molecule has 2 N–H and O–H groups in total. The second-order valence-corrected chi connectivity index (χ2v) is 6.99. The van der Waals surface area contributed by atoms with Gasteiger partial charge in [0.25, 0.3) is 0 Å². The summed E-state index contributed by atoms with van der Waals surface area (Å²) < 4.78 is 19.4. The highest BCUT2D eigenvalue weighted by Crippen LogP contribution is 2.19. The maximum atomic E-state index is 14.1. The number of hydrazone groups is 1. The molecule has 1 saturated heterocycles. The Kier molecular flexibility index (Phi) is 6.63. The molecule has 0 saturated carbocycles.